The maximum Gasteiger partial charge on any atom is 0.329 e. The standard InChI is InChI=1S/C13H14N2O5S/c1-8(11(16)14-13(6-7-13)12(17)18)21-10-4-2-9(3-5-10)15(19)20/h2-5,8H,6-7H2,1H3,(H,14,16)(H,17,18). The van der Waals surface area contributed by atoms with Crippen molar-refractivity contribution in [1.29, 1.82) is 0 Å². The smallest absolute Gasteiger partial charge is 0.329 e. The number of hydrogen-bond donors (Lipinski definition) is 2. The van der Waals surface area contributed by atoms with Crippen LogP contribution in [0.15, 0.2) is 29.2 Å². The zero-order chi connectivity index (χ0) is 15.6. The van der Waals surface area contributed by atoms with E-state index in [0.717, 1.165) is 0 Å². The third-order valence-corrected chi connectivity index (χ3v) is 4.36. The average Bonchev–Trinajstić information content (AvgIpc) is 3.20. The van der Waals surface area contributed by atoms with Crippen molar-refractivity contribution in [3.8, 4) is 0 Å². The van der Waals surface area contributed by atoms with Crippen LogP contribution in [0.3, 0.4) is 0 Å². The number of rotatable bonds is 6. The first-order chi connectivity index (χ1) is 9.84. The quantitative estimate of drug-likeness (QED) is 0.471. The second kappa shape index (κ2) is 5.72. The highest BCUT2D eigenvalue weighted by Crippen LogP contribution is 2.36. The lowest BCUT2D eigenvalue weighted by Gasteiger charge is -2.16. The van der Waals surface area contributed by atoms with Crippen LogP contribution >= 0.6 is 11.8 Å². The molecule has 1 fully saturated rings. The number of nitro benzene ring substituents is 1. The summed E-state index contributed by atoms with van der Waals surface area (Å²) in [7, 11) is 0. The molecule has 1 unspecified atom stereocenters. The number of carbonyl (C=O) groups is 2. The van der Waals surface area contributed by atoms with E-state index in [-0.39, 0.29) is 11.6 Å². The average molecular weight is 310 g/mol. The van der Waals surface area contributed by atoms with Crippen LogP contribution in [-0.4, -0.2) is 32.7 Å². The molecule has 1 aliphatic rings. The molecule has 0 bridgehead atoms. The summed E-state index contributed by atoms with van der Waals surface area (Å²) in [6.07, 6.45) is 0.895. The van der Waals surface area contributed by atoms with Crippen molar-refractivity contribution in [3.63, 3.8) is 0 Å². The third-order valence-electron chi connectivity index (χ3n) is 3.25. The van der Waals surface area contributed by atoms with Gasteiger partial charge in [0.05, 0.1) is 10.2 Å². The van der Waals surface area contributed by atoms with Crippen LogP contribution in [0.25, 0.3) is 0 Å². The van der Waals surface area contributed by atoms with Crippen LogP contribution in [0.5, 0.6) is 0 Å². The molecule has 0 heterocycles. The van der Waals surface area contributed by atoms with Gasteiger partial charge in [-0.2, -0.15) is 0 Å². The first kappa shape index (κ1) is 15.3. The molecule has 2 rings (SSSR count). The van der Waals surface area contributed by atoms with Gasteiger partial charge in [-0.15, -0.1) is 11.8 Å². The lowest BCUT2D eigenvalue weighted by atomic mass is 10.2. The minimum absolute atomic E-state index is 0.0146. The predicted molar refractivity (Wildman–Crippen MR) is 76.2 cm³/mol. The fraction of sp³-hybridized carbons (Fsp3) is 0.385. The van der Waals surface area contributed by atoms with Crippen LogP contribution in [-0.2, 0) is 9.59 Å². The maximum absolute atomic E-state index is 12.0. The molecule has 112 valence electrons. The van der Waals surface area contributed by atoms with E-state index in [1.165, 1.54) is 23.9 Å². The second-order valence-corrected chi connectivity index (χ2v) is 6.30. The summed E-state index contributed by atoms with van der Waals surface area (Å²) in [5.41, 5.74) is -1.11. The third kappa shape index (κ3) is 3.52. The van der Waals surface area contributed by atoms with Gasteiger partial charge in [0.15, 0.2) is 0 Å². The number of nitrogens with one attached hydrogen (secondary N) is 1. The van der Waals surface area contributed by atoms with Crippen molar-refractivity contribution in [1.82, 2.24) is 5.32 Å². The number of nitrogens with zero attached hydrogens (tertiary/aromatic N) is 1. The van der Waals surface area contributed by atoms with Crippen molar-refractivity contribution in [2.75, 3.05) is 0 Å². The summed E-state index contributed by atoms with van der Waals surface area (Å²) >= 11 is 1.22. The van der Waals surface area contributed by atoms with Gasteiger partial charge in [-0.1, -0.05) is 0 Å². The Balaban J connectivity index is 1.94. The van der Waals surface area contributed by atoms with Crippen molar-refractivity contribution in [2.45, 2.75) is 35.4 Å². The summed E-state index contributed by atoms with van der Waals surface area (Å²) in [5.74, 6) is -1.36. The van der Waals surface area contributed by atoms with Gasteiger partial charge >= 0.3 is 5.97 Å². The first-order valence-corrected chi connectivity index (χ1v) is 7.18. The number of benzene rings is 1. The van der Waals surface area contributed by atoms with Crippen molar-refractivity contribution < 1.29 is 19.6 Å². The van der Waals surface area contributed by atoms with Gasteiger partial charge in [0.2, 0.25) is 5.91 Å². The maximum atomic E-state index is 12.0. The number of thioether (sulfide) groups is 1. The van der Waals surface area contributed by atoms with Crippen LogP contribution in [0.1, 0.15) is 19.8 Å². The van der Waals surface area contributed by atoms with Gasteiger partial charge in [0.25, 0.3) is 5.69 Å². The molecule has 0 spiro atoms. The topological polar surface area (TPSA) is 110 Å². The van der Waals surface area contributed by atoms with Crippen LogP contribution in [0, 0.1) is 10.1 Å². The normalized spacial score (nSPS) is 16.8. The van der Waals surface area contributed by atoms with Crippen molar-refractivity contribution in [2.24, 2.45) is 0 Å². The molecule has 1 aliphatic carbocycles. The van der Waals surface area contributed by atoms with E-state index in [9.17, 15) is 19.7 Å². The van der Waals surface area contributed by atoms with Crippen molar-refractivity contribution in [3.05, 3.63) is 34.4 Å². The highest BCUT2D eigenvalue weighted by atomic mass is 32.2. The molecule has 21 heavy (non-hydrogen) atoms. The monoisotopic (exact) mass is 310 g/mol. The molecule has 7 nitrogen and oxygen atoms in total. The van der Waals surface area contributed by atoms with E-state index < -0.39 is 21.7 Å². The molecule has 0 aromatic heterocycles. The summed E-state index contributed by atoms with van der Waals surface area (Å²) < 4.78 is 0. The molecule has 0 aliphatic heterocycles. The number of carbonyl (C=O) groups excluding carboxylic acids is 1. The summed E-state index contributed by atoms with van der Waals surface area (Å²) in [6.45, 7) is 1.67. The lowest BCUT2D eigenvalue weighted by Crippen LogP contribution is -2.46. The molecule has 1 saturated carbocycles. The van der Waals surface area contributed by atoms with Crippen molar-refractivity contribution >= 4 is 29.3 Å². The van der Waals surface area contributed by atoms with E-state index >= 15 is 0 Å². The van der Waals surface area contributed by atoms with Gasteiger partial charge in [-0.3, -0.25) is 14.9 Å². The number of carboxylic acid groups (broad SMARTS) is 1. The summed E-state index contributed by atoms with van der Waals surface area (Å²) in [6, 6.07) is 5.87. The Bertz CT molecular complexity index is 583. The van der Waals surface area contributed by atoms with E-state index in [0.29, 0.717) is 17.7 Å². The van der Waals surface area contributed by atoms with Crippen LogP contribution in [0.4, 0.5) is 5.69 Å². The SMILES string of the molecule is CC(Sc1ccc([N+](=O)[O-])cc1)C(=O)NC1(C(=O)O)CC1. The zero-order valence-corrected chi connectivity index (χ0v) is 12.1. The van der Waals surface area contributed by atoms with E-state index in [1.54, 1.807) is 19.1 Å². The Kier molecular flexibility index (Phi) is 4.17. The molecule has 1 atom stereocenters. The molecule has 0 saturated heterocycles. The van der Waals surface area contributed by atoms with Gasteiger partial charge in [0, 0.05) is 17.0 Å². The van der Waals surface area contributed by atoms with Gasteiger partial charge in [-0.05, 0) is 31.9 Å². The highest BCUT2D eigenvalue weighted by Gasteiger charge is 2.52. The molecule has 2 N–H and O–H groups in total. The van der Waals surface area contributed by atoms with E-state index in [1.807, 2.05) is 0 Å². The Morgan fingerprint density at radius 2 is 1.95 bits per heavy atom. The number of amides is 1. The molecule has 1 aromatic carbocycles. The van der Waals surface area contributed by atoms with Gasteiger partial charge in [-0.25, -0.2) is 4.79 Å². The molecular formula is C13H14N2O5S. The first-order valence-electron chi connectivity index (χ1n) is 6.30. The fourth-order valence-corrected chi connectivity index (χ4v) is 2.63. The lowest BCUT2D eigenvalue weighted by molar-refractivity contribution is -0.384. The Labute approximate surface area is 124 Å². The second-order valence-electron chi connectivity index (χ2n) is 4.89. The van der Waals surface area contributed by atoms with Gasteiger partial charge < -0.3 is 10.4 Å². The predicted octanol–water partition coefficient (Wildman–Crippen LogP) is 1.81. The molecule has 1 amide bonds. The zero-order valence-electron chi connectivity index (χ0n) is 11.2. The summed E-state index contributed by atoms with van der Waals surface area (Å²) in [5, 5.41) is 21.6. The fourth-order valence-electron chi connectivity index (χ4n) is 1.76. The minimum atomic E-state index is -1.10. The molecule has 8 heteroatoms. The van der Waals surface area contributed by atoms with Crippen LogP contribution in [0.2, 0.25) is 0 Å². The number of carboxylic acids is 1. The largest absolute Gasteiger partial charge is 0.480 e. The minimum Gasteiger partial charge on any atom is -0.480 e. The number of non-ortho nitro benzene ring substituents is 1. The van der Waals surface area contributed by atoms with Crippen LogP contribution < -0.4 is 5.32 Å². The number of aliphatic carboxylic acids is 1. The highest BCUT2D eigenvalue weighted by molar-refractivity contribution is 8.00. The van der Waals surface area contributed by atoms with Gasteiger partial charge in [0.1, 0.15) is 5.54 Å². The Hall–Kier alpha value is -2.09. The number of hydrogen-bond acceptors (Lipinski definition) is 5. The Morgan fingerprint density at radius 3 is 2.38 bits per heavy atom. The molecular weight excluding hydrogens is 296 g/mol. The Morgan fingerprint density at radius 1 is 1.38 bits per heavy atom. The molecule has 0 radical (unpaired) electrons. The van der Waals surface area contributed by atoms with E-state index in [4.69, 9.17) is 5.11 Å². The summed E-state index contributed by atoms with van der Waals surface area (Å²) in [4.78, 5) is 33.8. The number of nitro groups is 1. The van der Waals surface area contributed by atoms with E-state index in [2.05, 4.69) is 5.32 Å². The molecule has 1 aromatic rings.